The summed E-state index contributed by atoms with van der Waals surface area (Å²) in [5.41, 5.74) is 0. The van der Waals surface area contributed by atoms with Gasteiger partial charge in [-0.3, -0.25) is 14.9 Å². The molecule has 0 radical (unpaired) electrons. The Morgan fingerprint density at radius 3 is 2.50 bits per heavy atom. The molecule has 1 rings (SSSR count). The zero-order valence-electron chi connectivity index (χ0n) is 8.50. The number of nitro groups is 1. The number of carbonyl (C=O) groups is 1. The SMILES string of the molecule is O=C1CCCC[C@H]1[C@@H](C[N+](=O)[O-])C(F)(F)F. The lowest BCUT2D eigenvalue weighted by Crippen LogP contribution is -2.40. The van der Waals surface area contributed by atoms with Crippen LogP contribution in [0.15, 0.2) is 0 Å². The predicted molar refractivity (Wildman–Crippen MR) is 48.4 cm³/mol. The Labute approximate surface area is 90.0 Å². The van der Waals surface area contributed by atoms with E-state index in [4.69, 9.17) is 0 Å². The number of hydrogen-bond acceptors (Lipinski definition) is 3. The van der Waals surface area contributed by atoms with E-state index in [2.05, 4.69) is 0 Å². The van der Waals surface area contributed by atoms with Crippen molar-refractivity contribution in [1.29, 1.82) is 0 Å². The second-order valence-electron chi connectivity index (χ2n) is 3.98. The molecular formula is C9H12F3NO3. The molecule has 0 N–H and O–H groups in total. The molecule has 1 fully saturated rings. The minimum Gasteiger partial charge on any atom is -0.299 e. The minimum absolute atomic E-state index is 0.106. The fourth-order valence-corrected chi connectivity index (χ4v) is 2.05. The third-order valence-electron chi connectivity index (χ3n) is 2.85. The van der Waals surface area contributed by atoms with E-state index in [0.717, 1.165) is 0 Å². The van der Waals surface area contributed by atoms with E-state index < -0.39 is 35.3 Å². The first-order valence-corrected chi connectivity index (χ1v) is 5.03. The van der Waals surface area contributed by atoms with Crippen LogP contribution >= 0.6 is 0 Å². The van der Waals surface area contributed by atoms with Gasteiger partial charge in [0.05, 0.1) is 0 Å². The Balaban J connectivity index is 2.82. The molecule has 0 aromatic rings. The minimum atomic E-state index is -4.68. The van der Waals surface area contributed by atoms with Crippen LogP contribution in [-0.4, -0.2) is 23.4 Å². The van der Waals surface area contributed by atoms with Crippen LogP contribution < -0.4 is 0 Å². The highest BCUT2D eigenvalue weighted by Gasteiger charge is 2.50. The lowest BCUT2D eigenvalue weighted by Gasteiger charge is -2.27. The summed E-state index contributed by atoms with van der Waals surface area (Å²) in [5, 5.41) is 10.2. The monoisotopic (exact) mass is 239 g/mol. The first-order valence-electron chi connectivity index (χ1n) is 5.03. The van der Waals surface area contributed by atoms with Crippen LogP contribution in [0.1, 0.15) is 25.7 Å². The number of Topliss-reactive ketones (excluding diaryl/α,β-unsaturated/α-hetero) is 1. The molecule has 0 saturated heterocycles. The third kappa shape index (κ3) is 3.18. The van der Waals surface area contributed by atoms with Gasteiger partial charge in [0.15, 0.2) is 0 Å². The Morgan fingerprint density at radius 1 is 1.44 bits per heavy atom. The molecule has 7 heteroatoms. The molecule has 16 heavy (non-hydrogen) atoms. The molecular weight excluding hydrogens is 227 g/mol. The maximum absolute atomic E-state index is 12.6. The molecule has 2 atom stereocenters. The number of alkyl halides is 3. The van der Waals surface area contributed by atoms with Gasteiger partial charge in [-0.1, -0.05) is 6.42 Å². The Bertz CT molecular complexity index is 290. The first-order chi connectivity index (χ1) is 7.32. The molecule has 0 aliphatic heterocycles. The highest BCUT2D eigenvalue weighted by atomic mass is 19.4. The van der Waals surface area contributed by atoms with Gasteiger partial charge in [0.25, 0.3) is 0 Å². The van der Waals surface area contributed by atoms with Crippen LogP contribution in [0.3, 0.4) is 0 Å². The highest BCUT2D eigenvalue weighted by molar-refractivity contribution is 5.82. The van der Waals surface area contributed by atoms with Crippen molar-refractivity contribution in [2.45, 2.75) is 31.9 Å². The average molecular weight is 239 g/mol. The van der Waals surface area contributed by atoms with Gasteiger partial charge >= 0.3 is 6.18 Å². The van der Waals surface area contributed by atoms with Gasteiger partial charge in [0, 0.05) is 17.3 Å². The lowest BCUT2D eigenvalue weighted by molar-refractivity contribution is -0.499. The second kappa shape index (κ2) is 4.80. The van der Waals surface area contributed by atoms with Crippen molar-refractivity contribution in [3.8, 4) is 0 Å². The number of hydrogen-bond donors (Lipinski definition) is 0. The van der Waals surface area contributed by atoms with Crippen LogP contribution in [0.2, 0.25) is 0 Å². The van der Waals surface area contributed by atoms with Gasteiger partial charge in [-0.2, -0.15) is 13.2 Å². The van der Waals surface area contributed by atoms with Gasteiger partial charge in [-0.25, -0.2) is 0 Å². The molecule has 0 bridgehead atoms. The van der Waals surface area contributed by atoms with Crippen molar-refractivity contribution in [1.82, 2.24) is 0 Å². The van der Waals surface area contributed by atoms with Gasteiger partial charge < -0.3 is 0 Å². The standard InChI is InChI=1S/C9H12F3NO3/c10-9(11,12)7(5-13(15)16)6-3-1-2-4-8(6)14/h6-7H,1-5H2/t6-,7+/m0/s1. The van der Waals surface area contributed by atoms with Crippen LogP contribution in [0, 0.1) is 22.0 Å². The molecule has 1 aliphatic carbocycles. The summed E-state index contributed by atoms with van der Waals surface area (Å²) in [6.45, 7) is -1.21. The van der Waals surface area contributed by atoms with Crippen molar-refractivity contribution in [3.63, 3.8) is 0 Å². The molecule has 0 aromatic heterocycles. The Morgan fingerprint density at radius 2 is 2.06 bits per heavy atom. The number of rotatable bonds is 3. The summed E-state index contributed by atoms with van der Waals surface area (Å²) < 4.78 is 37.7. The first kappa shape index (κ1) is 12.9. The summed E-state index contributed by atoms with van der Waals surface area (Å²) >= 11 is 0. The number of nitrogens with zero attached hydrogens (tertiary/aromatic N) is 1. The summed E-state index contributed by atoms with van der Waals surface area (Å²) in [5.74, 6) is -3.84. The molecule has 92 valence electrons. The normalized spacial score (nSPS) is 24.2. The van der Waals surface area contributed by atoms with Crippen LogP contribution in [0.5, 0.6) is 0 Å². The predicted octanol–water partition coefficient (Wildman–Crippen LogP) is 2.20. The Hall–Kier alpha value is -1.14. The fraction of sp³-hybridized carbons (Fsp3) is 0.889. The van der Waals surface area contributed by atoms with E-state index in [-0.39, 0.29) is 12.8 Å². The van der Waals surface area contributed by atoms with Crippen LogP contribution in [0.4, 0.5) is 13.2 Å². The van der Waals surface area contributed by atoms with Gasteiger partial charge in [-0.05, 0) is 12.8 Å². The molecule has 0 unspecified atom stereocenters. The molecule has 4 nitrogen and oxygen atoms in total. The van der Waals surface area contributed by atoms with Gasteiger partial charge in [0.1, 0.15) is 11.7 Å². The second-order valence-corrected chi connectivity index (χ2v) is 3.98. The highest BCUT2D eigenvalue weighted by Crippen LogP contribution is 2.37. The smallest absolute Gasteiger partial charge is 0.299 e. The van der Waals surface area contributed by atoms with E-state index in [1.54, 1.807) is 0 Å². The summed E-state index contributed by atoms with van der Waals surface area (Å²) in [6.07, 6.45) is -3.35. The molecule has 0 aromatic carbocycles. The van der Waals surface area contributed by atoms with Crippen LogP contribution in [0.25, 0.3) is 0 Å². The lowest BCUT2D eigenvalue weighted by atomic mass is 9.78. The summed E-state index contributed by atoms with van der Waals surface area (Å²) in [6, 6.07) is 0. The maximum Gasteiger partial charge on any atom is 0.398 e. The largest absolute Gasteiger partial charge is 0.398 e. The van der Waals surface area contributed by atoms with E-state index in [1.165, 1.54) is 0 Å². The quantitative estimate of drug-likeness (QED) is 0.560. The van der Waals surface area contributed by atoms with E-state index in [9.17, 15) is 28.1 Å². The zero-order chi connectivity index (χ0) is 12.3. The zero-order valence-corrected chi connectivity index (χ0v) is 8.50. The summed E-state index contributed by atoms with van der Waals surface area (Å²) in [7, 11) is 0. The molecule has 0 amide bonds. The van der Waals surface area contributed by atoms with Gasteiger partial charge in [-0.15, -0.1) is 0 Å². The van der Waals surface area contributed by atoms with E-state index in [0.29, 0.717) is 12.8 Å². The number of halogens is 3. The molecule has 1 aliphatic rings. The van der Waals surface area contributed by atoms with Crippen molar-refractivity contribution < 1.29 is 22.9 Å². The third-order valence-corrected chi connectivity index (χ3v) is 2.85. The van der Waals surface area contributed by atoms with Gasteiger partial charge in [0.2, 0.25) is 6.54 Å². The van der Waals surface area contributed by atoms with E-state index in [1.807, 2.05) is 0 Å². The van der Waals surface area contributed by atoms with Crippen LogP contribution in [-0.2, 0) is 4.79 Å². The van der Waals surface area contributed by atoms with Crippen molar-refractivity contribution in [3.05, 3.63) is 10.1 Å². The maximum atomic E-state index is 12.6. The number of carbonyl (C=O) groups excluding carboxylic acids is 1. The van der Waals surface area contributed by atoms with Crippen molar-refractivity contribution >= 4 is 5.78 Å². The molecule has 1 saturated carbocycles. The topological polar surface area (TPSA) is 60.2 Å². The fourth-order valence-electron chi connectivity index (χ4n) is 2.05. The van der Waals surface area contributed by atoms with Crippen molar-refractivity contribution in [2.75, 3.05) is 6.54 Å². The van der Waals surface area contributed by atoms with Crippen molar-refractivity contribution in [2.24, 2.45) is 11.8 Å². The Kier molecular flexibility index (Phi) is 3.88. The average Bonchev–Trinajstić information content (AvgIpc) is 2.13. The molecule has 0 spiro atoms. The number of ketones is 1. The molecule has 0 heterocycles. The summed E-state index contributed by atoms with van der Waals surface area (Å²) in [4.78, 5) is 20.5. The van der Waals surface area contributed by atoms with E-state index >= 15 is 0 Å².